The van der Waals surface area contributed by atoms with E-state index < -0.39 is 0 Å². The topological polar surface area (TPSA) is 66.9 Å². The van der Waals surface area contributed by atoms with Crippen LogP contribution in [0.4, 0.5) is 5.82 Å². The summed E-state index contributed by atoms with van der Waals surface area (Å²) in [6.07, 6.45) is 5.61. The smallest absolute Gasteiger partial charge is 0.242 e. The molecule has 0 bridgehead atoms. The first-order valence-electron chi connectivity index (χ1n) is 9.25. The number of carbonyl (C=O) groups is 1. The zero-order valence-corrected chi connectivity index (χ0v) is 16.4. The SMILES string of the molecule is Cc1nc(N[C@@H](C)C(=O)NC2CCCC2)c2c(CC(C)C)csc2n1. The molecule has 3 rings (SSSR count). The third kappa shape index (κ3) is 4.29. The van der Waals surface area contributed by atoms with E-state index in [-0.39, 0.29) is 11.9 Å². The van der Waals surface area contributed by atoms with Crippen LogP contribution in [0.25, 0.3) is 10.2 Å². The predicted octanol–water partition coefficient (Wildman–Crippen LogP) is 4.06. The van der Waals surface area contributed by atoms with Crippen LogP contribution in [0.2, 0.25) is 0 Å². The summed E-state index contributed by atoms with van der Waals surface area (Å²) in [5.41, 5.74) is 1.26. The van der Waals surface area contributed by atoms with Crippen molar-refractivity contribution in [3.05, 3.63) is 16.8 Å². The van der Waals surface area contributed by atoms with Crippen molar-refractivity contribution in [3.63, 3.8) is 0 Å². The van der Waals surface area contributed by atoms with Crippen LogP contribution < -0.4 is 10.6 Å². The van der Waals surface area contributed by atoms with Crippen LogP contribution in [0, 0.1) is 12.8 Å². The Morgan fingerprint density at radius 2 is 2.00 bits per heavy atom. The summed E-state index contributed by atoms with van der Waals surface area (Å²) >= 11 is 1.65. The highest BCUT2D eigenvalue weighted by Gasteiger charge is 2.22. The van der Waals surface area contributed by atoms with E-state index in [1.54, 1.807) is 11.3 Å². The van der Waals surface area contributed by atoms with E-state index in [1.165, 1.54) is 18.4 Å². The molecule has 0 aromatic carbocycles. The molecule has 0 unspecified atom stereocenters. The molecule has 1 atom stereocenters. The van der Waals surface area contributed by atoms with Crippen LogP contribution in [0.1, 0.15) is 57.8 Å². The van der Waals surface area contributed by atoms with Crippen LogP contribution in [0.15, 0.2) is 5.38 Å². The zero-order valence-electron chi connectivity index (χ0n) is 15.6. The minimum absolute atomic E-state index is 0.0527. The highest BCUT2D eigenvalue weighted by atomic mass is 32.1. The van der Waals surface area contributed by atoms with Gasteiger partial charge in [-0.25, -0.2) is 9.97 Å². The Morgan fingerprint density at radius 3 is 2.68 bits per heavy atom. The van der Waals surface area contributed by atoms with Gasteiger partial charge in [0.05, 0.1) is 5.39 Å². The van der Waals surface area contributed by atoms with Crippen molar-refractivity contribution in [1.82, 2.24) is 15.3 Å². The molecule has 5 nitrogen and oxygen atoms in total. The molecule has 6 heteroatoms. The molecule has 1 aliphatic rings. The summed E-state index contributed by atoms with van der Waals surface area (Å²) in [5.74, 6) is 2.14. The van der Waals surface area contributed by atoms with Crippen molar-refractivity contribution >= 4 is 33.3 Å². The summed E-state index contributed by atoms with van der Waals surface area (Å²) in [7, 11) is 0. The van der Waals surface area contributed by atoms with Gasteiger partial charge in [0.25, 0.3) is 0 Å². The number of aryl methyl sites for hydroxylation is 1. The first-order chi connectivity index (χ1) is 11.9. The van der Waals surface area contributed by atoms with E-state index in [2.05, 4.69) is 39.8 Å². The van der Waals surface area contributed by atoms with Crippen LogP contribution >= 0.6 is 11.3 Å². The summed E-state index contributed by atoms with van der Waals surface area (Å²) in [6.45, 7) is 8.23. The molecule has 2 N–H and O–H groups in total. The molecule has 0 spiro atoms. The van der Waals surface area contributed by atoms with E-state index in [4.69, 9.17) is 0 Å². The standard InChI is InChI=1S/C19H28N4OS/c1-11(2)9-14-10-25-19-16(14)17(21-13(4)22-19)20-12(3)18(24)23-15-7-5-6-8-15/h10-12,15H,5-9H2,1-4H3,(H,23,24)(H,20,21,22)/t12-/m0/s1. The van der Waals surface area contributed by atoms with Crippen molar-refractivity contribution < 1.29 is 4.79 Å². The van der Waals surface area contributed by atoms with E-state index in [9.17, 15) is 4.79 Å². The second kappa shape index (κ2) is 7.68. The van der Waals surface area contributed by atoms with Gasteiger partial charge in [-0.05, 0) is 50.0 Å². The number of aromatic nitrogens is 2. The lowest BCUT2D eigenvalue weighted by Gasteiger charge is -2.19. The number of amides is 1. The Balaban J connectivity index is 1.81. The van der Waals surface area contributed by atoms with Crippen LogP contribution in [0.3, 0.4) is 0 Å². The molecule has 0 saturated heterocycles. The lowest BCUT2D eigenvalue weighted by atomic mass is 10.0. The van der Waals surface area contributed by atoms with Gasteiger partial charge in [0, 0.05) is 6.04 Å². The first-order valence-corrected chi connectivity index (χ1v) is 10.1. The quantitative estimate of drug-likeness (QED) is 0.815. The van der Waals surface area contributed by atoms with E-state index in [1.807, 2.05) is 13.8 Å². The molecule has 0 radical (unpaired) electrons. The van der Waals surface area contributed by atoms with Gasteiger partial charge in [-0.1, -0.05) is 26.7 Å². The molecular formula is C19H28N4OS. The monoisotopic (exact) mass is 360 g/mol. The first kappa shape index (κ1) is 18.1. The summed E-state index contributed by atoms with van der Waals surface area (Å²) in [5, 5.41) is 9.75. The lowest BCUT2D eigenvalue weighted by Crippen LogP contribution is -2.42. The van der Waals surface area contributed by atoms with Crippen molar-refractivity contribution in [3.8, 4) is 0 Å². The van der Waals surface area contributed by atoms with Gasteiger partial charge in [-0.15, -0.1) is 11.3 Å². The fourth-order valence-corrected chi connectivity index (χ4v) is 4.47. The minimum Gasteiger partial charge on any atom is -0.358 e. The third-order valence-corrected chi connectivity index (χ3v) is 5.62. The third-order valence-electron chi connectivity index (χ3n) is 4.70. The highest BCUT2D eigenvalue weighted by molar-refractivity contribution is 7.17. The van der Waals surface area contributed by atoms with Gasteiger partial charge < -0.3 is 10.6 Å². The van der Waals surface area contributed by atoms with Gasteiger partial charge in [-0.3, -0.25) is 4.79 Å². The van der Waals surface area contributed by atoms with E-state index in [0.717, 1.165) is 41.1 Å². The van der Waals surface area contributed by atoms with Crippen molar-refractivity contribution in [2.75, 3.05) is 5.32 Å². The van der Waals surface area contributed by atoms with E-state index >= 15 is 0 Å². The number of hydrogen-bond acceptors (Lipinski definition) is 5. The Hall–Kier alpha value is -1.69. The van der Waals surface area contributed by atoms with E-state index in [0.29, 0.717) is 12.0 Å². The van der Waals surface area contributed by atoms with Crippen LogP contribution in [-0.4, -0.2) is 28.0 Å². The Bertz CT molecular complexity index is 749. The van der Waals surface area contributed by atoms with Crippen molar-refractivity contribution in [1.29, 1.82) is 0 Å². The number of thiophene rings is 1. The van der Waals surface area contributed by atoms with Gasteiger partial charge in [0.1, 0.15) is 22.5 Å². The number of anilines is 1. The molecular weight excluding hydrogens is 332 g/mol. The molecule has 2 aromatic rings. The molecule has 25 heavy (non-hydrogen) atoms. The average molecular weight is 361 g/mol. The zero-order chi connectivity index (χ0) is 18.0. The predicted molar refractivity (Wildman–Crippen MR) is 104 cm³/mol. The van der Waals surface area contributed by atoms with Crippen molar-refractivity contribution in [2.24, 2.45) is 5.92 Å². The van der Waals surface area contributed by atoms with Gasteiger partial charge >= 0.3 is 0 Å². The Kier molecular flexibility index (Phi) is 5.57. The molecule has 136 valence electrons. The van der Waals surface area contributed by atoms with Crippen LogP contribution in [-0.2, 0) is 11.2 Å². The molecule has 2 heterocycles. The Labute approximate surface area is 153 Å². The number of nitrogens with zero attached hydrogens (tertiary/aromatic N) is 2. The maximum atomic E-state index is 12.5. The highest BCUT2D eigenvalue weighted by Crippen LogP contribution is 2.32. The molecule has 0 aliphatic heterocycles. The fourth-order valence-electron chi connectivity index (χ4n) is 3.47. The van der Waals surface area contributed by atoms with Gasteiger partial charge in [0.2, 0.25) is 5.91 Å². The number of rotatable bonds is 6. The molecule has 1 fully saturated rings. The summed E-state index contributed by atoms with van der Waals surface area (Å²) < 4.78 is 0. The largest absolute Gasteiger partial charge is 0.358 e. The molecule has 1 saturated carbocycles. The van der Waals surface area contributed by atoms with Gasteiger partial charge in [-0.2, -0.15) is 0 Å². The normalized spacial score (nSPS) is 16.5. The molecule has 1 aliphatic carbocycles. The van der Waals surface area contributed by atoms with Crippen molar-refractivity contribution in [2.45, 2.75) is 71.9 Å². The maximum absolute atomic E-state index is 12.5. The summed E-state index contributed by atoms with van der Waals surface area (Å²) in [4.78, 5) is 22.7. The molecule has 2 aromatic heterocycles. The fraction of sp³-hybridized carbons (Fsp3) is 0.632. The average Bonchev–Trinajstić information content (AvgIpc) is 3.16. The second-order valence-corrected chi connectivity index (χ2v) is 8.37. The minimum atomic E-state index is -0.315. The number of fused-ring (bicyclic) bond motifs is 1. The molecule has 1 amide bonds. The van der Waals surface area contributed by atoms with Crippen LogP contribution in [0.5, 0.6) is 0 Å². The maximum Gasteiger partial charge on any atom is 0.242 e. The van der Waals surface area contributed by atoms with Gasteiger partial charge in [0.15, 0.2) is 0 Å². The summed E-state index contributed by atoms with van der Waals surface area (Å²) in [6, 6.07) is 0.0199. The lowest BCUT2D eigenvalue weighted by molar-refractivity contribution is -0.122. The Morgan fingerprint density at radius 1 is 1.28 bits per heavy atom. The number of hydrogen-bond donors (Lipinski definition) is 2. The number of nitrogens with one attached hydrogen (secondary N) is 2. The second-order valence-electron chi connectivity index (χ2n) is 7.51. The number of carbonyl (C=O) groups excluding carboxylic acids is 1.